The van der Waals surface area contributed by atoms with Crippen LogP contribution in [0.15, 0.2) is 18.2 Å². The van der Waals surface area contributed by atoms with Crippen LogP contribution in [0.5, 0.6) is 5.75 Å². The molecule has 0 radical (unpaired) electrons. The van der Waals surface area contributed by atoms with E-state index in [0.29, 0.717) is 11.4 Å². The van der Waals surface area contributed by atoms with Crippen LogP contribution in [0.2, 0.25) is 5.02 Å². The SMILES string of the molecule is O=C(O)[C@@H]1C[C@H]1COc1cc(F)ccc1Cl. The van der Waals surface area contributed by atoms with Gasteiger partial charge in [0.15, 0.2) is 0 Å². The van der Waals surface area contributed by atoms with Crippen LogP contribution in [0.25, 0.3) is 0 Å². The molecule has 1 aromatic carbocycles. The number of carboxylic acids is 1. The molecule has 1 N–H and O–H groups in total. The van der Waals surface area contributed by atoms with Crippen LogP contribution in [-0.2, 0) is 4.79 Å². The molecule has 0 aliphatic heterocycles. The number of ether oxygens (including phenoxy) is 1. The maximum absolute atomic E-state index is 12.9. The third-order valence-corrected chi connectivity index (χ3v) is 2.90. The van der Waals surface area contributed by atoms with Crippen molar-refractivity contribution in [3.63, 3.8) is 0 Å². The van der Waals surface area contributed by atoms with Gasteiger partial charge in [-0.1, -0.05) is 11.6 Å². The lowest BCUT2D eigenvalue weighted by molar-refractivity contribution is -0.138. The minimum atomic E-state index is -0.807. The highest BCUT2D eigenvalue weighted by Gasteiger charge is 2.43. The standard InChI is InChI=1S/C11H10ClFO3/c12-9-2-1-7(13)4-10(9)16-5-6-3-8(6)11(14)15/h1-2,4,6,8H,3,5H2,(H,14,15)/t6-,8+/m0/s1. The Bertz CT molecular complexity index is 422. The summed E-state index contributed by atoms with van der Waals surface area (Å²) in [4.78, 5) is 10.6. The van der Waals surface area contributed by atoms with E-state index in [4.69, 9.17) is 21.4 Å². The molecule has 2 rings (SSSR count). The molecule has 2 atom stereocenters. The van der Waals surface area contributed by atoms with Crippen LogP contribution < -0.4 is 4.74 Å². The van der Waals surface area contributed by atoms with E-state index in [1.807, 2.05) is 0 Å². The molecule has 1 aliphatic carbocycles. The summed E-state index contributed by atoms with van der Waals surface area (Å²) >= 11 is 5.79. The lowest BCUT2D eigenvalue weighted by Gasteiger charge is -2.07. The summed E-state index contributed by atoms with van der Waals surface area (Å²) in [6, 6.07) is 3.85. The number of halogens is 2. The molecule has 0 bridgehead atoms. The normalized spacial score (nSPS) is 22.9. The van der Waals surface area contributed by atoms with E-state index >= 15 is 0 Å². The third kappa shape index (κ3) is 2.44. The van der Waals surface area contributed by atoms with Crippen LogP contribution >= 0.6 is 11.6 Å². The Labute approximate surface area is 96.8 Å². The molecule has 5 heteroatoms. The van der Waals surface area contributed by atoms with Gasteiger partial charge in [-0.2, -0.15) is 0 Å². The topological polar surface area (TPSA) is 46.5 Å². The molecule has 3 nitrogen and oxygen atoms in total. The highest BCUT2D eigenvalue weighted by molar-refractivity contribution is 6.32. The summed E-state index contributed by atoms with van der Waals surface area (Å²) in [5.74, 6) is -1.29. The second kappa shape index (κ2) is 4.29. The third-order valence-electron chi connectivity index (χ3n) is 2.59. The molecule has 0 saturated heterocycles. The summed E-state index contributed by atoms with van der Waals surface area (Å²) in [7, 11) is 0. The first-order valence-corrected chi connectivity index (χ1v) is 5.26. The van der Waals surface area contributed by atoms with Gasteiger partial charge in [-0.05, 0) is 18.6 Å². The van der Waals surface area contributed by atoms with Crippen LogP contribution in [0.3, 0.4) is 0 Å². The molecule has 1 fully saturated rings. The van der Waals surface area contributed by atoms with E-state index < -0.39 is 11.8 Å². The van der Waals surface area contributed by atoms with E-state index in [2.05, 4.69) is 0 Å². The zero-order valence-corrected chi connectivity index (χ0v) is 9.08. The number of hydrogen-bond acceptors (Lipinski definition) is 2. The number of benzene rings is 1. The fourth-order valence-corrected chi connectivity index (χ4v) is 1.69. The monoisotopic (exact) mass is 244 g/mol. The number of aliphatic carboxylic acids is 1. The lowest BCUT2D eigenvalue weighted by Crippen LogP contribution is -2.06. The summed E-state index contributed by atoms with van der Waals surface area (Å²) in [5, 5.41) is 9.01. The minimum absolute atomic E-state index is 0.0110. The smallest absolute Gasteiger partial charge is 0.306 e. The van der Waals surface area contributed by atoms with Gasteiger partial charge in [-0.25, -0.2) is 4.39 Å². The van der Waals surface area contributed by atoms with Crippen molar-refractivity contribution in [2.45, 2.75) is 6.42 Å². The molecule has 0 heterocycles. The van der Waals surface area contributed by atoms with Gasteiger partial charge in [0.25, 0.3) is 0 Å². The summed E-state index contributed by atoms with van der Waals surface area (Å²) < 4.78 is 18.1. The quantitative estimate of drug-likeness (QED) is 0.886. The first-order chi connectivity index (χ1) is 7.58. The van der Waals surface area contributed by atoms with E-state index in [1.54, 1.807) is 0 Å². The number of carbonyl (C=O) groups is 1. The molecular weight excluding hydrogens is 235 g/mol. The zero-order chi connectivity index (χ0) is 11.7. The highest BCUT2D eigenvalue weighted by atomic mass is 35.5. The van der Waals surface area contributed by atoms with Crippen molar-refractivity contribution in [3.8, 4) is 5.75 Å². The fourth-order valence-electron chi connectivity index (χ4n) is 1.52. The number of carboxylic acid groups (broad SMARTS) is 1. The number of rotatable bonds is 4. The Kier molecular flexibility index (Phi) is 3.01. The minimum Gasteiger partial charge on any atom is -0.492 e. The Morgan fingerprint density at radius 3 is 3.00 bits per heavy atom. The molecule has 86 valence electrons. The van der Waals surface area contributed by atoms with Crippen LogP contribution in [0.1, 0.15) is 6.42 Å². The van der Waals surface area contributed by atoms with Gasteiger partial charge < -0.3 is 9.84 Å². The van der Waals surface area contributed by atoms with Crippen molar-refractivity contribution in [1.82, 2.24) is 0 Å². The first kappa shape index (κ1) is 11.2. The lowest BCUT2D eigenvalue weighted by atomic mass is 10.3. The van der Waals surface area contributed by atoms with Crippen molar-refractivity contribution < 1.29 is 19.0 Å². The molecule has 1 aromatic rings. The summed E-state index contributed by atoms with van der Waals surface area (Å²) in [5.41, 5.74) is 0. The Morgan fingerprint density at radius 2 is 2.38 bits per heavy atom. The zero-order valence-electron chi connectivity index (χ0n) is 8.32. The molecule has 16 heavy (non-hydrogen) atoms. The first-order valence-electron chi connectivity index (χ1n) is 4.88. The Hall–Kier alpha value is -1.29. The summed E-state index contributed by atoms with van der Waals surface area (Å²) in [6.07, 6.45) is 0.613. The Balaban J connectivity index is 1.91. The highest BCUT2D eigenvalue weighted by Crippen LogP contribution is 2.39. The van der Waals surface area contributed by atoms with Crippen molar-refractivity contribution in [2.75, 3.05) is 6.61 Å². The average Bonchev–Trinajstić information content (AvgIpc) is 2.99. The van der Waals surface area contributed by atoms with Crippen molar-refractivity contribution in [1.29, 1.82) is 0 Å². The predicted molar refractivity (Wildman–Crippen MR) is 56.1 cm³/mol. The van der Waals surface area contributed by atoms with Gasteiger partial charge in [0, 0.05) is 12.0 Å². The van der Waals surface area contributed by atoms with Crippen molar-refractivity contribution in [3.05, 3.63) is 29.0 Å². The van der Waals surface area contributed by atoms with Crippen LogP contribution in [-0.4, -0.2) is 17.7 Å². The average molecular weight is 245 g/mol. The molecule has 0 spiro atoms. The van der Waals surface area contributed by atoms with Crippen molar-refractivity contribution >= 4 is 17.6 Å². The van der Waals surface area contributed by atoms with Crippen LogP contribution in [0.4, 0.5) is 4.39 Å². The predicted octanol–water partition coefficient (Wildman–Crippen LogP) is 2.58. The van der Waals surface area contributed by atoms with Gasteiger partial charge in [0.2, 0.25) is 0 Å². The van der Waals surface area contributed by atoms with E-state index in [-0.39, 0.29) is 24.2 Å². The Morgan fingerprint density at radius 1 is 1.62 bits per heavy atom. The van der Waals surface area contributed by atoms with Gasteiger partial charge in [0.05, 0.1) is 17.5 Å². The maximum Gasteiger partial charge on any atom is 0.306 e. The molecule has 0 unspecified atom stereocenters. The van der Waals surface area contributed by atoms with E-state index in [0.717, 1.165) is 0 Å². The van der Waals surface area contributed by atoms with Gasteiger partial charge in [-0.3, -0.25) is 4.79 Å². The molecule has 1 saturated carbocycles. The van der Waals surface area contributed by atoms with E-state index in [9.17, 15) is 9.18 Å². The number of hydrogen-bond donors (Lipinski definition) is 1. The van der Waals surface area contributed by atoms with Crippen LogP contribution in [0, 0.1) is 17.7 Å². The molecule has 0 amide bonds. The second-order valence-corrected chi connectivity index (χ2v) is 4.23. The van der Waals surface area contributed by atoms with Crippen molar-refractivity contribution in [2.24, 2.45) is 11.8 Å². The second-order valence-electron chi connectivity index (χ2n) is 3.83. The maximum atomic E-state index is 12.9. The van der Waals surface area contributed by atoms with E-state index in [1.165, 1.54) is 18.2 Å². The fraction of sp³-hybridized carbons (Fsp3) is 0.364. The van der Waals surface area contributed by atoms with Gasteiger partial charge >= 0.3 is 5.97 Å². The molecule has 1 aliphatic rings. The summed E-state index contributed by atoms with van der Waals surface area (Å²) in [6.45, 7) is 0.264. The molecular formula is C11H10ClFO3. The van der Waals surface area contributed by atoms with Gasteiger partial charge in [-0.15, -0.1) is 0 Å². The van der Waals surface area contributed by atoms with Gasteiger partial charge in [0.1, 0.15) is 11.6 Å². The molecule has 0 aromatic heterocycles. The largest absolute Gasteiger partial charge is 0.492 e.